The molecule has 0 spiro atoms. The first-order valence-corrected chi connectivity index (χ1v) is 8.95. The quantitative estimate of drug-likeness (QED) is 0.547. The average molecular weight is 444 g/mol. The molecule has 1 aromatic carbocycles. The van der Waals surface area contributed by atoms with Gasteiger partial charge in [-0.2, -0.15) is 9.66 Å². The summed E-state index contributed by atoms with van der Waals surface area (Å²) in [5, 5.41) is 0.574. The lowest BCUT2D eigenvalue weighted by atomic mass is 10.0. The third kappa shape index (κ3) is 4.57. The molecule has 2 aromatic rings. The Kier molecular flexibility index (Phi) is 6.78. The van der Waals surface area contributed by atoms with Crippen LogP contribution in [0, 0.1) is 18.6 Å². The number of alkyl halides is 1. The van der Waals surface area contributed by atoms with Crippen LogP contribution in [0.5, 0.6) is 0 Å². The Morgan fingerprint density at radius 1 is 1.30 bits per heavy atom. The van der Waals surface area contributed by atoms with Crippen molar-refractivity contribution in [3.05, 3.63) is 51.6 Å². The van der Waals surface area contributed by atoms with Gasteiger partial charge < -0.3 is 4.74 Å². The third-order valence-corrected chi connectivity index (χ3v) is 4.19. The highest BCUT2D eigenvalue weighted by atomic mass is 79.9. The lowest BCUT2D eigenvalue weighted by molar-refractivity contribution is -0.117. The monoisotopic (exact) mass is 443 g/mol. The average Bonchev–Trinajstić information content (AvgIpc) is 2.63. The second-order valence-corrected chi connectivity index (χ2v) is 6.28. The zero-order chi connectivity index (χ0) is 20.1. The highest BCUT2D eigenvalue weighted by Crippen LogP contribution is 2.26. The van der Waals surface area contributed by atoms with Gasteiger partial charge in [0, 0.05) is 17.3 Å². The summed E-state index contributed by atoms with van der Waals surface area (Å²) in [7, 11) is 1.13. The summed E-state index contributed by atoms with van der Waals surface area (Å²) >= 11 is 3.19. The van der Waals surface area contributed by atoms with Gasteiger partial charge in [-0.15, -0.1) is 0 Å². The molecule has 2 rings (SSSR count). The Balaban J connectivity index is 2.74. The van der Waals surface area contributed by atoms with E-state index in [2.05, 4.69) is 26.3 Å². The van der Waals surface area contributed by atoms with E-state index in [4.69, 9.17) is 4.74 Å². The molecule has 0 fully saturated rings. The third-order valence-electron chi connectivity index (χ3n) is 3.63. The SMILES string of the molecule is COC(=O)c1c(C)nc(=O)n(NC(=O)CCCBr)c1-c1ccc(F)c(F)c1. The Bertz CT molecular complexity index is 947. The van der Waals surface area contributed by atoms with Crippen molar-refractivity contribution in [3.8, 4) is 11.3 Å². The van der Waals surface area contributed by atoms with E-state index in [1.54, 1.807) is 0 Å². The maximum absolute atomic E-state index is 13.8. The number of carbonyl (C=O) groups excluding carboxylic acids is 2. The summed E-state index contributed by atoms with van der Waals surface area (Å²) in [5.41, 5.74) is 1.19. The van der Waals surface area contributed by atoms with Gasteiger partial charge >= 0.3 is 11.7 Å². The molecule has 0 radical (unpaired) electrons. The van der Waals surface area contributed by atoms with Crippen molar-refractivity contribution in [2.24, 2.45) is 0 Å². The molecular formula is C17H16BrF2N3O4. The van der Waals surface area contributed by atoms with Crippen LogP contribution in [0.1, 0.15) is 28.9 Å². The summed E-state index contributed by atoms with van der Waals surface area (Å²) in [4.78, 5) is 40.4. The number of hydrogen-bond acceptors (Lipinski definition) is 5. The number of nitrogens with one attached hydrogen (secondary N) is 1. The molecular weight excluding hydrogens is 428 g/mol. The minimum absolute atomic E-state index is 0.00214. The van der Waals surface area contributed by atoms with Gasteiger partial charge in [-0.1, -0.05) is 15.9 Å². The molecule has 27 heavy (non-hydrogen) atoms. The summed E-state index contributed by atoms with van der Waals surface area (Å²) in [6.07, 6.45) is 0.598. The van der Waals surface area contributed by atoms with Gasteiger partial charge in [-0.3, -0.25) is 10.2 Å². The number of nitrogens with zero attached hydrogens (tertiary/aromatic N) is 2. The predicted octanol–water partition coefficient (Wildman–Crippen LogP) is 2.53. The second kappa shape index (κ2) is 8.85. The molecule has 1 amide bonds. The molecule has 0 aliphatic heterocycles. The summed E-state index contributed by atoms with van der Waals surface area (Å²) in [5.74, 6) is -3.63. The lowest BCUT2D eigenvalue weighted by Gasteiger charge is -2.18. The fourth-order valence-electron chi connectivity index (χ4n) is 2.40. The molecule has 0 aliphatic carbocycles. The number of halogens is 3. The number of benzene rings is 1. The molecule has 0 aliphatic rings. The Morgan fingerprint density at radius 3 is 2.59 bits per heavy atom. The Morgan fingerprint density at radius 2 is 2.00 bits per heavy atom. The largest absolute Gasteiger partial charge is 0.465 e. The molecule has 0 unspecified atom stereocenters. The number of aromatic nitrogens is 2. The first-order valence-electron chi connectivity index (χ1n) is 7.83. The van der Waals surface area contributed by atoms with Crippen LogP contribution >= 0.6 is 15.9 Å². The van der Waals surface area contributed by atoms with E-state index in [0.717, 1.165) is 23.9 Å². The second-order valence-electron chi connectivity index (χ2n) is 5.49. The van der Waals surface area contributed by atoms with Crippen LogP contribution in [0.4, 0.5) is 8.78 Å². The first-order chi connectivity index (χ1) is 12.8. The molecule has 144 valence electrons. The van der Waals surface area contributed by atoms with E-state index in [0.29, 0.717) is 11.8 Å². The van der Waals surface area contributed by atoms with Crippen LogP contribution in [0.15, 0.2) is 23.0 Å². The van der Waals surface area contributed by atoms with Crippen molar-refractivity contribution >= 4 is 27.8 Å². The molecule has 0 saturated heterocycles. The fourth-order valence-corrected chi connectivity index (χ4v) is 2.68. The fraction of sp³-hybridized carbons (Fsp3) is 0.294. The first kappa shape index (κ1) is 20.7. The van der Waals surface area contributed by atoms with Gasteiger partial charge in [-0.25, -0.2) is 18.4 Å². The highest BCUT2D eigenvalue weighted by molar-refractivity contribution is 9.09. The van der Waals surface area contributed by atoms with Crippen LogP contribution in [0.2, 0.25) is 0 Å². The van der Waals surface area contributed by atoms with Crippen LogP contribution in [0.3, 0.4) is 0 Å². The number of aryl methyl sites for hydroxylation is 1. The smallest absolute Gasteiger partial charge is 0.367 e. The Labute approximate surface area is 161 Å². The van der Waals surface area contributed by atoms with Crippen molar-refractivity contribution in [3.63, 3.8) is 0 Å². The zero-order valence-corrected chi connectivity index (χ0v) is 16.1. The number of amides is 1. The van der Waals surface area contributed by atoms with Crippen molar-refractivity contribution < 1.29 is 23.1 Å². The molecule has 7 nitrogen and oxygen atoms in total. The standard InChI is InChI=1S/C17H16BrF2N3O4/c1-9-14(16(25)27-2)15(10-5-6-11(19)12(20)8-10)23(17(26)21-9)22-13(24)4-3-7-18/h5-6,8H,3-4,7H2,1-2H3,(H,22,24). The molecule has 1 aromatic heterocycles. The Hall–Kier alpha value is -2.62. The van der Waals surface area contributed by atoms with Gasteiger partial charge in [-0.05, 0) is 31.5 Å². The number of carbonyl (C=O) groups is 2. The minimum Gasteiger partial charge on any atom is -0.465 e. The van der Waals surface area contributed by atoms with Gasteiger partial charge in [0.05, 0.1) is 18.5 Å². The maximum Gasteiger partial charge on any atom is 0.367 e. The summed E-state index contributed by atoms with van der Waals surface area (Å²) in [6.45, 7) is 1.40. The molecule has 10 heteroatoms. The van der Waals surface area contributed by atoms with Crippen LogP contribution in [-0.4, -0.2) is 34.0 Å². The van der Waals surface area contributed by atoms with E-state index in [-0.39, 0.29) is 28.9 Å². The number of esters is 1. The van der Waals surface area contributed by atoms with Crippen LogP contribution in [-0.2, 0) is 9.53 Å². The van der Waals surface area contributed by atoms with Gasteiger partial charge in [0.15, 0.2) is 11.6 Å². The minimum atomic E-state index is -1.18. The van der Waals surface area contributed by atoms with E-state index in [9.17, 15) is 23.2 Å². The van der Waals surface area contributed by atoms with Gasteiger partial charge in [0.25, 0.3) is 0 Å². The topological polar surface area (TPSA) is 90.3 Å². The van der Waals surface area contributed by atoms with Crippen molar-refractivity contribution in [1.82, 2.24) is 9.66 Å². The van der Waals surface area contributed by atoms with Gasteiger partial charge in [0.2, 0.25) is 5.91 Å². The molecule has 0 bridgehead atoms. The predicted molar refractivity (Wildman–Crippen MR) is 97.3 cm³/mol. The van der Waals surface area contributed by atoms with Gasteiger partial charge in [0.1, 0.15) is 5.56 Å². The van der Waals surface area contributed by atoms with E-state index < -0.39 is 29.2 Å². The van der Waals surface area contributed by atoms with Crippen molar-refractivity contribution in [1.29, 1.82) is 0 Å². The molecule has 0 saturated carbocycles. The summed E-state index contributed by atoms with van der Waals surface area (Å²) < 4.78 is 32.5. The maximum atomic E-state index is 13.8. The van der Waals surface area contributed by atoms with E-state index >= 15 is 0 Å². The van der Waals surface area contributed by atoms with E-state index in [1.807, 2.05) is 0 Å². The normalized spacial score (nSPS) is 10.6. The van der Waals surface area contributed by atoms with E-state index in [1.165, 1.54) is 13.0 Å². The highest BCUT2D eigenvalue weighted by Gasteiger charge is 2.24. The summed E-state index contributed by atoms with van der Waals surface area (Å²) in [6, 6.07) is 2.85. The van der Waals surface area contributed by atoms with Crippen LogP contribution < -0.4 is 11.1 Å². The number of ether oxygens (including phenoxy) is 1. The van der Waals surface area contributed by atoms with Crippen molar-refractivity contribution in [2.45, 2.75) is 19.8 Å². The van der Waals surface area contributed by atoms with Crippen LogP contribution in [0.25, 0.3) is 11.3 Å². The molecule has 1 heterocycles. The number of rotatable bonds is 6. The number of methoxy groups -OCH3 is 1. The lowest BCUT2D eigenvalue weighted by Crippen LogP contribution is -2.37. The van der Waals surface area contributed by atoms with Crippen molar-refractivity contribution in [2.75, 3.05) is 17.9 Å². The number of hydrogen-bond donors (Lipinski definition) is 1. The molecule has 1 N–H and O–H groups in total. The molecule has 0 atom stereocenters. The zero-order valence-electron chi connectivity index (χ0n) is 14.5.